The van der Waals surface area contributed by atoms with Crippen LogP contribution in [0.15, 0.2) is 36.8 Å². The Morgan fingerprint density at radius 2 is 1.88 bits per heavy atom. The fourth-order valence-electron chi connectivity index (χ4n) is 3.53. The van der Waals surface area contributed by atoms with Gasteiger partial charge >= 0.3 is 0 Å². The Balaban J connectivity index is 1.54. The summed E-state index contributed by atoms with van der Waals surface area (Å²) in [5.74, 6) is 2.38. The van der Waals surface area contributed by atoms with E-state index in [1.54, 1.807) is 30.7 Å². The van der Waals surface area contributed by atoms with Crippen LogP contribution in [0.1, 0.15) is 6.92 Å². The van der Waals surface area contributed by atoms with Crippen LogP contribution in [0, 0.1) is 0 Å². The van der Waals surface area contributed by atoms with Gasteiger partial charge in [-0.2, -0.15) is 0 Å². The summed E-state index contributed by atoms with van der Waals surface area (Å²) in [4.78, 5) is 25.6. The lowest BCUT2D eigenvalue weighted by atomic mass is 10.2. The van der Waals surface area contributed by atoms with E-state index in [2.05, 4.69) is 31.2 Å². The number of ether oxygens (including phenoxy) is 1. The van der Waals surface area contributed by atoms with Gasteiger partial charge in [0.05, 0.1) is 35.1 Å². The Bertz CT molecular complexity index is 1240. The largest absolute Gasteiger partial charge is 0.392 e. The molecule has 1 aliphatic rings. The van der Waals surface area contributed by atoms with Crippen molar-refractivity contribution in [2.24, 2.45) is 0 Å². The van der Waals surface area contributed by atoms with Crippen molar-refractivity contribution >= 4 is 39.1 Å². The summed E-state index contributed by atoms with van der Waals surface area (Å²) in [6.07, 6.45) is 4.67. The number of nitrogen functional groups attached to an aromatic ring is 1. The van der Waals surface area contributed by atoms with Gasteiger partial charge in [-0.15, -0.1) is 11.3 Å². The van der Waals surface area contributed by atoms with Crippen LogP contribution < -0.4 is 16.0 Å². The molecule has 0 aromatic carbocycles. The number of fused-ring (bicyclic) bond motifs is 1. The van der Waals surface area contributed by atoms with Crippen molar-refractivity contribution in [3.63, 3.8) is 0 Å². The average molecular weight is 465 g/mol. The first-order chi connectivity index (χ1) is 16.1. The van der Waals surface area contributed by atoms with Gasteiger partial charge in [0.25, 0.3) is 0 Å². The van der Waals surface area contributed by atoms with E-state index in [4.69, 9.17) is 20.4 Å². The van der Waals surface area contributed by atoms with Gasteiger partial charge in [0, 0.05) is 48.7 Å². The number of hydrogen-bond acceptors (Lipinski definition) is 11. The second kappa shape index (κ2) is 9.22. The summed E-state index contributed by atoms with van der Waals surface area (Å²) in [6, 6.07) is 5.99. The van der Waals surface area contributed by atoms with E-state index in [1.807, 2.05) is 18.3 Å². The average Bonchev–Trinajstić information content (AvgIpc) is 3.28. The minimum absolute atomic E-state index is 0.213. The van der Waals surface area contributed by atoms with E-state index in [0.717, 1.165) is 45.4 Å². The van der Waals surface area contributed by atoms with Gasteiger partial charge < -0.3 is 25.8 Å². The zero-order chi connectivity index (χ0) is 22.8. The number of pyridine rings is 1. The molecule has 1 fully saturated rings. The van der Waals surface area contributed by atoms with Gasteiger partial charge in [-0.3, -0.25) is 0 Å². The van der Waals surface area contributed by atoms with Crippen LogP contribution in [-0.2, 0) is 4.74 Å². The molecule has 4 aromatic rings. The highest BCUT2D eigenvalue weighted by molar-refractivity contribution is 7.22. The third kappa shape index (κ3) is 4.70. The predicted octanol–water partition coefficient (Wildman–Crippen LogP) is 2.42. The van der Waals surface area contributed by atoms with Crippen LogP contribution in [0.3, 0.4) is 0 Å². The summed E-state index contributed by atoms with van der Waals surface area (Å²) in [5.41, 5.74) is 8.21. The van der Waals surface area contributed by atoms with Crippen LogP contribution in [-0.4, -0.2) is 69.0 Å². The number of aliphatic hydroxyl groups excluding tert-OH is 1. The Morgan fingerprint density at radius 1 is 1.12 bits per heavy atom. The number of rotatable bonds is 6. The molecule has 5 rings (SSSR count). The van der Waals surface area contributed by atoms with Crippen molar-refractivity contribution in [2.75, 3.05) is 48.8 Å². The van der Waals surface area contributed by atoms with Crippen molar-refractivity contribution in [3.8, 4) is 21.8 Å². The fourth-order valence-corrected chi connectivity index (χ4v) is 4.63. The van der Waals surface area contributed by atoms with Crippen molar-refractivity contribution in [1.29, 1.82) is 0 Å². The molecule has 1 saturated heterocycles. The molecule has 170 valence electrons. The van der Waals surface area contributed by atoms with Gasteiger partial charge in [0.15, 0.2) is 11.6 Å². The molecule has 0 spiro atoms. The zero-order valence-electron chi connectivity index (χ0n) is 18.1. The lowest BCUT2D eigenvalue weighted by Crippen LogP contribution is -2.36. The number of thiophene rings is 1. The third-order valence-corrected chi connectivity index (χ3v) is 6.39. The molecule has 11 heteroatoms. The number of nitrogens with two attached hydrogens (primary N) is 1. The zero-order valence-corrected chi connectivity index (χ0v) is 18.9. The number of aliphatic hydroxyl groups is 1. The molecule has 0 saturated carbocycles. The van der Waals surface area contributed by atoms with Crippen LogP contribution in [0.4, 0.5) is 17.6 Å². The maximum Gasteiger partial charge on any atom is 0.219 e. The van der Waals surface area contributed by atoms with Crippen molar-refractivity contribution in [1.82, 2.24) is 24.9 Å². The molecule has 0 amide bonds. The first-order valence-corrected chi connectivity index (χ1v) is 11.5. The van der Waals surface area contributed by atoms with Gasteiger partial charge in [-0.1, -0.05) is 0 Å². The standard InChI is InChI=1S/C22H24N8O2S/c1-13(31)9-24-18-3-2-14(10-25-18)17-8-16-19(33-17)21(30-4-6-32-7-5-30)29-20(28-16)15-11-26-22(23)27-12-15/h2-3,8,10-13,31H,4-7,9H2,1H3,(H,24,25)(H2,23,26,27). The molecule has 4 N–H and O–H groups in total. The minimum Gasteiger partial charge on any atom is -0.392 e. The number of aromatic nitrogens is 5. The normalized spacial score (nSPS) is 15.0. The number of hydrogen-bond donors (Lipinski definition) is 3. The Hall–Kier alpha value is -3.41. The van der Waals surface area contributed by atoms with Crippen LogP contribution in [0.25, 0.3) is 32.0 Å². The summed E-state index contributed by atoms with van der Waals surface area (Å²) in [5, 5.41) is 12.6. The van der Waals surface area contributed by atoms with Crippen molar-refractivity contribution < 1.29 is 9.84 Å². The van der Waals surface area contributed by atoms with Gasteiger partial charge in [-0.05, 0) is 25.1 Å². The Morgan fingerprint density at radius 3 is 2.58 bits per heavy atom. The third-order valence-electron chi connectivity index (χ3n) is 5.22. The van der Waals surface area contributed by atoms with Crippen LogP contribution >= 0.6 is 11.3 Å². The summed E-state index contributed by atoms with van der Waals surface area (Å²) in [7, 11) is 0. The van der Waals surface area contributed by atoms with Crippen LogP contribution in [0.2, 0.25) is 0 Å². The molecule has 4 aromatic heterocycles. The highest BCUT2D eigenvalue weighted by atomic mass is 32.1. The SMILES string of the molecule is CC(O)CNc1ccc(-c2cc3nc(-c4cnc(N)nc4)nc(N4CCOCC4)c3s2)cn1. The smallest absolute Gasteiger partial charge is 0.219 e. The quantitative estimate of drug-likeness (QED) is 0.390. The second-order valence-electron chi connectivity index (χ2n) is 7.79. The molecule has 0 radical (unpaired) electrons. The fraction of sp³-hybridized carbons (Fsp3) is 0.318. The molecule has 1 aliphatic heterocycles. The van der Waals surface area contributed by atoms with E-state index >= 15 is 0 Å². The molecule has 1 atom stereocenters. The lowest BCUT2D eigenvalue weighted by molar-refractivity contribution is 0.122. The lowest BCUT2D eigenvalue weighted by Gasteiger charge is -2.28. The molecule has 5 heterocycles. The molecular weight excluding hydrogens is 440 g/mol. The molecule has 10 nitrogen and oxygen atoms in total. The van der Waals surface area contributed by atoms with E-state index in [9.17, 15) is 5.11 Å². The summed E-state index contributed by atoms with van der Waals surface area (Å²) < 4.78 is 6.55. The Labute approximate surface area is 194 Å². The van der Waals surface area contributed by atoms with E-state index in [0.29, 0.717) is 31.1 Å². The number of anilines is 3. The van der Waals surface area contributed by atoms with Crippen molar-refractivity contribution in [3.05, 3.63) is 36.8 Å². The summed E-state index contributed by atoms with van der Waals surface area (Å²) >= 11 is 1.64. The molecule has 0 aliphatic carbocycles. The topological polar surface area (TPSA) is 135 Å². The van der Waals surface area contributed by atoms with Crippen molar-refractivity contribution in [2.45, 2.75) is 13.0 Å². The van der Waals surface area contributed by atoms with E-state index < -0.39 is 6.10 Å². The number of nitrogens with zero attached hydrogens (tertiary/aromatic N) is 6. The summed E-state index contributed by atoms with van der Waals surface area (Å²) in [6.45, 7) is 5.04. The Kier molecular flexibility index (Phi) is 5.99. The van der Waals surface area contributed by atoms with Crippen LogP contribution in [0.5, 0.6) is 0 Å². The maximum absolute atomic E-state index is 9.45. The highest BCUT2D eigenvalue weighted by Gasteiger charge is 2.21. The minimum atomic E-state index is -0.438. The highest BCUT2D eigenvalue weighted by Crippen LogP contribution is 2.38. The first kappa shape index (κ1) is 21.4. The number of morpholine rings is 1. The molecule has 0 bridgehead atoms. The first-order valence-electron chi connectivity index (χ1n) is 10.7. The monoisotopic (exact) mass is 464 g/mol. The maximum atomic E-state index is 9.45. The molecule has 33 heavy (non-hydrogen) atoms. The number of nitrogens with one attached hydrogen (secondary N) is 1. The van der Waals surface area contributed by atoms with Gasteiger partial charge in [0.1, 0.15) is 5.82 Å². The molecular formula is C22H24N8O2S. The second-order valence-corrected chi connectivity index (χ2v) is 8.84. The van der Waals surface area contributed by atoms with Gasteiger partial charge in [-0.25, -0.2) is 24.9 Å². The molecule has 1 unspecified atom stereocenters. The van der Waals surface area contributed by atoms with E-state index in [1.165, 1.54) is 0 Å². The van der Waals surface area contributed by atoms with E-state index in [-0.39, 0.29) is 5.95 Å². The predicted molar refractivity (Wildman–Crippen MR) is 129 cm³/mol. The van der Waals surface area contributed by atoms with Gasteiger partial charge in [0.2, 0.25) is 5.95 Å².